The molecule has 2 fully saturated rings. The van der Waals surface area contributed by atoms with Gasteiger partial charge in [0.2, 0.25) is 0 Å². The fraction of sp³-hybridized carbons (Fsp3) is 0.480. The van der Waals surface area contributed by atoms with E-state index < -0.39 is 17.2 Å². The molecule has 2 aromatic carbocycles. The average molecular weight is 488 g/mol. The van der Waals surface area contributed by atoms with Gasteiger partial charge in [0.05, 0.1) is 4.90 Å². The second kappa shape index (κ2) is 9.39. The van der Waals surface area contributed by atoms with Gasteiger partial charge in [0.1, 0.15) is 17.2 Å². The van der Waals surface area contributed by atoms with Gasteiger partial charge < -0.3 is 9.62 Å². The normalized spacial score (nSPS) is 23.0. The molecule has 2 aromatic rings. The van der Waals surface area contributed by atoms with Crippen molar-refractivity contribution >= 4 is 40.2 Å². The maximum Gasteiger partial charge on any atom is 0.258 e. The van der Waals surface area contributed by atoms with Crippen molar-refractivity contribution in [2.45, 2.75) is 55.0 Å². The Labute approximate surface area is 201 Å². The fourth-order valence-corrected chi connectivity index (χ4v) is 7.22. The highest BCUT2D eigenvalue weighted by Crippen LogP contribution is 2.50. The first-order valence-corrected chi connectivity index (χ1v) is 14.0. The summed E-state index contributed by atoms with van der Waals surface area (Å²) in [5, 5.41) is 0. The highest BCUT2D eigenvalue weighted by Gasteiger charge is 2.45. The molecule has 5 nitrogen and oxygen atoms in total. The molecule has 1 saturated heterocycles. The number of carbonyl (C=O) groups is 1. The van der Waals surface area contributed by atoms with Gasteiger partial charge in [-0.1, -0.05) is 37.3 Å². The lowest BCUT2D eigenvalue weighted by Crippen LogP contribution is -2.38. The lowest BCUT2D eigenvalue weighted by Gasteiger charge is -2.34. The van der Waals surface area contributed by atoms with Gasteiger partial charge in [-0.15, -0.1) is 0 Å². The largest absolute Gasteiger partial charge is 0.330 e. The van der Waals surface area contributed by atoms with Crippen LogP contribution >= 0.6 is 11.9 Å². The minimum absolute atomic E-state index is 0.00542. The third-order valence-corrected chi connectivity index (χ3v) is 9.10. The second-order valence-corrected chi connectivity index (χ2v) is 11.4. The van der Waals surface area contributed by atoms with Gasteiger partial charge in [0, 0.05) is 48.2 Å². The molecule has 1 N–H and O–H groups in total. The number of alkyl halides is 1. The standard InChI is InChI=1S/C25H30FN3O2S2/c1-32-27-20-8-9-23-22(15-20)25(11-3-2-4-12-25)17-29(23)24(30)18-6-5-7-21(14-18)33(31)28-13-10-19(26)16-28/h5-9,14-15,19,27H,2-4,10-13,16-17H2,1H3. The molecule has 1 saturated carbocycles. The quantitative estimate of drug-likeness (QED) is 0.581. The molecule has 8 heteroatoms. The van der Waals surface area contributed by atoms with E-state index in [1.165, 1.54) is 24.8 Å². The Balaban J connectivity index is 1.45. The first kappa shape index (κ1) is 22.9. The van der Waals surface area contributed by atoms with Crippen LogP contribution in [0.4, 0.5) is 15.8 Å². The summed E-state index contributed by atoms with van der Waals surface area (Å²) >= 11 is 1.57. The van der Waals surface area contributed by atoms with Crippen molar-refractivity contribution < 1.29 is 13.4 Å². The lowest BCUT2D eigenvalue weighted by atomic mass is 9.70. The first-order chi connectivity index (χ1) is 16.0. The van der Waals surface area contributed by atoms with Crippen molar-refractivity contribution in [2.24, 2.45) is 0 Å². The molecule has 1 spiro atoms. The monoisotopic (exact) mass is 487 g/mol. The zero-order valence-corrected chi connectivity index (χ0v) is 20.5. The molecule has 1 amide bonds. The van der Waals surface area contributed by atoms with Crippen LogP contribution in [0, 0.1) is 0 Å². The minimum atomic E-state index is -1.46. The average Bonchev–Trinajstić information content (AvgIpc) is 3.41. The van der Waals surface area contributed by atoms with Gasteiger partial charge in [-0.3, -0.25) is 4.79 Å². The molecular formula is C25H30FN3O2S2. The number of rotatable bonds is 5. The molecule has 2 atom stereocenters. The number of anilines is 2. The minimum Gasteiger partial charge on any atom is -0.330 e. The number of nitrogens with zero attached hydrogens (tertiary/aromatic N) is 2. The Hall–Kier alpha value is -1.90. The Morgan fingerprint density at radius 2 is 2.00 bits per heavy atom. The van der Waals surface area contributed by atoms with E-state index in [0.29, 0.717) is 30.0 Å². The molecule has 2 heterocycles. The third kappa shape index (κ3) is 4.33. The van der Waals surface area contributed by atoms with Gasteiger partial charge in [0.25, 0.3) is 5.91 Å². The molecule has 176 valence electrons. The van der Waals surface area contributed by atoms with Crippen molar-refractivity contribution in [3.63, 3.8) is 0 Å². The third-order valence-electron chi connectivity index (χ3n) is 7.21. The zero-order chi connectivity index (χ0) is 23.0. The molecule has 0 aromatic heterocycles. The van der Waals surface area contributed by atoms with E-state index in [9.17, 15) is 13.4 Å². The van der Waals surface area contributed by atoms with Crippen molar-refractivity contribution in [3.05, 3.63) is 53.6 Å². The van der Waals surface area contributed by atoms with Gasteiger partial charge >= 0.3 is 0 Å². The molecule has 2 aliphatic heterocycles. The van der Waals surface area contributed by atoms with Gasteiger partial charge in [-0.2, -0.15) is 0 Å². The van der Waals surface area contributed by atoms with Gasteiger partial charge in [-0.25, -0.2) is 12.9 Å². The highest BCUT2D eigenvalue weighted by molar-refractivity contribution is 7.99. The SMILES string of the molecule is CSNc1ccc2c(c1)C1(CCCCC1)CN2C(=O)c1cccc(S(=O)N2CCC(F)C2)c1. The molecule has 2 unspecified atom stereocenters. The maximum atomic E-state index is 13.7. The van der Waals surface area contributed by atoms with Crippen LogP contribution in [0.1, 0.15) is 54.4 Å². The number of carbonyl (C=O) groups excluding carboxylic acids is 1. The Kier molecular flexibility index (Phi) is 6.51. The highest BCUT2D eigenvalue weighted by atomic mass is 32.2. The molecular weight excluding hydrogens is 457 g/mol. The summed E-state index contributed by atoms with van der Waals surface area (Å²) in [6, 6.07) is 13.4. The van der Waals surface area contributed by atoms with E-state index in [4.69, 9.17) is 0 Å². The molecule has 3 aliphatic rings. The second-order valence-electron chi connectivity index (χ2n) is 9.32. The van der Waals surface area contributed by atoms with Crippen LogP contribution in [0.25, 0.3) is 0 Å². The van der Waals surface area contributed by atoms with Gasteiger partial charge in [-0.05, 0) is 61.2 Å². The maximum absolute atomic E-state index is 13.7. The Bertz CT molecular complexity index is 1070. The van der Waals surface area contributed by atoms with Crippen LogP contribution in [-0.4, -0.2) is 46.5 Å². The number of hydrogen-bond donors (Lipinski definition) is 1. The fourth-order valence-electron chi connectivity index (χ4n) is 5.57. The Morgan fingerprint density at radius 1 is 1.18 bits per heavy atom. The number of nitrogens with one attached hydrogen (secondary N) is 1. The summed E-state index contributed by atoms with van der Waals surface area (Å²) in [4.78, 5) is 16.2. The summed E-state index contributed by atoms with van der Waals surface area (Å²) in [7, 11) is -1.46. The summed E-state index contributed by atoms with van der Waals surface area (Å²) in [5.74, 6) is -0.0621. The number of amides is 1. The molecule has 0 bridgehead atoms. The molecule has 33 heavy (non-hydrogen) atoms. The number of halogens is 1. The van der Waals surface area contributed by atoms with Crippen molar-refractivity contribution in [2.75, 3.05) is 35.5 Å². The smallest absolute Gasteiger partial charge is 0.258 e. The summed E-state index contributed by atoms with van der Waals surface area (Å²) < 4.78 is 31.6. The van der Waals surface area contributed by atoms with E-state index >= 15 is 0 Å². The summed E-state index contributed by atoms with van der Waals surface area (Å²) in [5.41, 5.74) is 3.85. The number of fused-ring (bicyclic) bond motifs is 2. The van der Waals surface area contributed by atoms with Crippen molar-refractivity contribution in [1.29, 1.82) is 0 Å². The van der Waals surface area contributed by atoms with Crippen molar-refractivity contribution in [3.8, 4) is 0 Å². The van der Waals surface area contributed by atoms with Gasteiger partial charge in [0.15, 0.2) is 0 Å². The first-order valence-electron chi connectivity index (χ1n) is 11.7. The molecule has 0 radical (unpaired) electrons. The van der Waals surface area contributed by atoms with E-state index in [-0.39, 0.29) is 17.9 Å². The zero-order valence-electron chi connectivity index (χ0n) is 18.9. The van der Waals surface area contributed by atoms with Crippen LogP contribution in [0.3, 0.4) is 0 Å². The lowest BCUT2D eigenvalue weighted by molar-refractivity contribution is 0.0982. The molecule has 5 rings (SSSR count). The van der Waals surface area contributed by atoms with E-state index in [0.717, 1.165) is 24.2 Å². The van der Waals surface area contributed by atoms with E-state index in [2.05, 4.69) is 16.9 Å². The molecule has 1 aliphatic carbocycles. The van der Waals surface area contributed by atoms with E-state index in [1.807, 2.05) is 17.2 Å². The summed E-state index contributed by atoms with van der Waals surface area (Å²) in [6.45, 7) is 1.34. The number of benzene rings is 2. The van der Waals surface area contributed by atoms with Crippen LogP contribution in [-0.2, 0) is 16.4 Å². The van der Waals surface area contributed by atoms with Crippen molar-refractivity contribution in [1.82, 2.24) is 4.31 Å². The Morgan fingerprint density at radius 3 is 2.73 bits per heavy atom. The predicted octanol–water partition coefficient (Wildman–Crippen LogP) is 5.31. The van der Waals surface area contributed by atoms with E-state index in [1.54, 1.807) is 40.5 Å². The predicted molar refractivity (Wildman–Crippen MR) is 134 cm³/mol. The van der Waals surface area contributed by atoms with Crippen LogP contribution in [0.5, 0.6) is 0 Å². The van der Waals surface area contributed by atoms with Crippen LogP contribution < -0.4 is 9.62 Å². The summed E-state index contributed by atoms with van der Waals surface area (Å²) in [6.07, 6.45) is 7.28. The van der Waals surface area contributed by atoms with Crippen LogP contribution in [0.15, 0.2) is 47.4 Å². The van der Waals surface area contributed by atoms with Crippen LogP contribution in [0.2, 0.25) is 0 Å². The topological polar surface area (TPSA) is 52.7 Å². The number of hydrogen-bond acceptors (Lipinski definition) is 4.